The van der Waals surface area contributed by atoms with Gasteiger partial charge in [0.25, 0.3) is 0 Å². The summed E-state index contributed by atoms with van der Waals surface area (Å²) in [6.45, 7) is 4.22. The van der Waals surface area contributed by atoms with Crippen LogP contribution >= 0.6 is 0 Å². The average Bonchev–Trinajstić information content (AvgIpc) is 2.73. The van der Waals surface area contributed by atoms with Gasteiger partial charge in [0.2, 0.25) is 0 Å². The summed E-state index contributed by atoms with van der Waals surface area (Å²) in [4.78, 5) is 12.0. The minimum atomic E-state index is -0.322. The van der Waals surface area contributed by atoms with Gasteiger partial charge in [0.1, 0.15) is 0 Å². The highest BCUT2D eigenvalue weighted by Crippen LogP contribution is 2.24. The van der Waals surface area contributed by atoms with E-state index in [-0.39, 0.29) is 11.8 Å². The number of fused-ring (bicyclic) bond motifs is 1. The standard InChI is InChI=1S/C15H18N2O2/c1-3-5-12(6-4-2)17-13-9-11(10-16)7-8-14(13)19-15(17)18/h7-9,12H,3-6H2,1-2H3. The molecule has 0 radical (unpaired) electrons. The fraction of sp³-hybridized carbons (Fsp3) is 0.467. The first-order valence-corrected chi connectivity index (χ1v) is 6.76. The van der Waals surface area contributed by atoms with Crippen LogP contribution in [0.2, 0.25) is 0 Å². The molecule has 0 N–H and O–H groups in total. The topological polar surface area (TPSA) is 58.9 Å². The van der Waals surface area contributed by atoms with E-state index < -0.39 is 0 Å². The van der Waals surface area contributed by atoms with E-state index >= 15 is 0 Å². The van der Waals surface area contributed by atoms with Crippen LogP contribution in [0.5, 0.6) is 0 Å². The highest BCUT2D eigenvalue weighted by atomic mass is 16.4. The Hall–Kier alpha value is -2.02. The number of nitrogens with zero attached hydrogens (tertiary/aromatic N) is 2. The molecule has 0 atom stereocenters. The van der Waals surface area contributed by atoms with Crippen molar-refractivity contribution in [3.63, 3.8) is 0 Å². The van der Waals surface area contributed by atoms with E-state index in [4.69, 9.17) is 9.68 Å². The normalized spacial score (nSPS) is 11.1. The quantitative estimate of drug-likeness (QED) is 0.823. The summed E-state index contributed by atoms with van der Waals surface area (Å²) in [5, 5.41) is 8.97. The Morgan fingerprint density at radius 2 is 2.00 bits per heavy atom. The molecule has 4 heteroatoms. The smallest absolute Gasteiger partial charge is 0.408 e. The number of benzene rings is 1. The van der Waals surface area contributed by atoms with Gasteiger partial charge in [-0.1, -0.05) is 26.7 Å². The minimum absolute atomic E-state index is 0.151. The second-order valence-corrected chi connectivity index (χ2v) is 4.76. The Labute approximate surface area is 112 Å². The van der Waals surface area contributed by atoms with Gasteiger partial charge in [0.15, 0.2) is 5.58 Å². The fourth-order valence-electron chi connectivity index (χ4n) is 2.52. The lowest BCUT2D eigenvalue weighted by Gasteiger charge is -2.16. The third-order valence-electron chi connectivity index (χ3n) is 3.35. The molecule has 1 aromatic carbocycles. The lowest BCUT2D eigenvalue weighted by atomic mass is 10.1. The number of nitriles is 1. The predicted octanol–water partition coefficient (Wildman–Crippen LogP) is 3.61. The molecule has 0 fully saturated rings. The molecule has 0 bridgehead atoms. The summed E-state index contributed by atoms with van der Waals surface area (Å²) in [6, 6.07) is 7.35. The van der Waals surface area contributed by atoms with E-state index in [0.29, 0.717) is 11.1 Å². The van der Waals surface area contributed by atoms with Crippen molar-refractivity contribution >= 4 is 11.1 Å². The van der Waals surface area contributed by atoms with Crippen molar-refractivity contribution in [3.8, 4) is 6.07 Å². The van der Waals surface area contributed by atoms with Crippen LogP contribution in [0.4, 0.5) is 0 Å². The summed E-state index contributed by atoms with van der Waals surface area (Å²) in [7, 11) is 0. The predicted molar refractivity (Wildman–Crippen MR) is 74.0 cm³/mol. The Morgan fingerprint density at radius 1 is 1.32 bits per heavy atom. The molecule has 0 aliphatic heterocycles. The molecule has 1 aromatic heterocycles. The number of rotatable bonds is 5. The lowest BCUT2D eigenvalue weighted by Crippen LogP contribution is -2.20. The molecule has 0 unspecified atom stereocenters. The maximum atomic E-state index is 12.0. The zero-order chi connectivity index (χ0) is 13.8. The van der Waals surface area contributed by atoms with Gasteiger partial charge in [-0.15, -0.1) is 0 Å². The molecule has 0 amide bonds. The zero-order valence-electron chi connectivity index (χ0n) is 11.3. The van der Waals surface area contributed by atoms with Crippen LogP contribution in [0.3, 0.4) is 0 Å². The molecule has 2 rings (SSSR count). The first kappa shape index (κ1) is 13.4. The van der Waals surface area contributed by atoms with Crippen LogP contribution in [0.1, 0.15) is 51.1 Å². The molecule has 0 spiro atoms. The van der Waals surface area contributed by atoms with Crippen molar-refractivity contribution in [2.24, 2.45) is 0 Å². The van der Waals surface area contributed by atoms with E-state index in [2.05, 4.69) is 19.9 Å². The van der Waals surface area contributed by atoms with E-state index in [1.54, 1.807) is 22.8 Å². The summed E-state index contributed by atoms with van der Waals surface area (Å²) < 4.78 is 6.98. The zero-order valence-corrected chi connectivity index (χ0v) is 11.3. The second kappa shape index (κ2) is 5.75. The van der Waals surface area contributed by atoms with Crippen LogP contribution in [-0.2, 0) is 0 Å². The molecule has 0 aliphatic carbocycles. The summed E-state index contributed by atoms with van der Waals surface area (Å²) in [5.41, 5.74) is 1.84. The number of aromatic nitrogens is 1. The SMILES string of the molecule is CCCC(CCC)n1c(=O)oc2ccc(C#N)cc21. The van der Waals surface area contributed by atoms with Crippen LogP contribution in [-0.4, -0.2) is 4.57 Å². The molecule has 0 aliphatic rings. The summed E-state index contributed by atoms with van der Waals surface area (Å²) in [5.74, 6) is -0.322. The van der Waals surface area contributed by atoms with Gasteiger partial charge >= 0.3 is 5.76 Å². The monoisotopic (exact) mass is 258 g/mol. The van der Waals surface area contributed by atoms with Gasteiger partial charge in [-0.3, -0.25) is 4.57 Å². The van der Waals surface area contributed by atoms with E-state index in [0.717, 1.165) is 31.2 Å². The fourth-order valence-corrected chi connectivity index (χ4v) is 2.52. The van der Waals surface area contributed by atoms with Gasteiger partial charge in [-0.2, -0.15) is 5.26 Å². The minimum Gasteiger partial charge on any atom is -0.408 e. The Kier molecular flexibility index (Phi) is 4.06. The van der Waals surface area contributed by atoms with Gasteiger partial charge in [0.05, 0.1) is 17.1 Å². The summed E-state index contributed by atoms with van der Waals surface area (Å²) >= 11 is 0. The van der Waals surface area contributed by atoms with Crippen molar-refractivity contribution in [1.29, 1.82) is 5.26 Å². The van der Waals surface area contributed by atoms with Crippen LogP contribution in [0.15, 0.2) is 27.4 Å². The molecule has 19 heavy (non-hydrogen) atoms. The highest BCUT2D eigenvalue weighted by molar-refractivity contribution is 5.74. The van der Waals surface area contributed by atoms with Gasteiger partial charge in [-0.25, -0.2) is 4.79 Å². The van der Waals surface area contributed by atoms with Crippen molar-refractivity contribution in [1.82, 2.24) is 4.57 Å². The lowest BCUT2D eigenvalue weighted by molar-refractivity contribution is 0.392. The summed E-state index contributed by atoms with van der Waals surface area (Å²) in [6.07, 6.45) is 3.92. The van der Waals surface area contributed by atoms with Crippen molar-refractivity contribution in [3.05, 3.63) is 34.3 Å². The van der Waals surface area contributed by atoms with Crippen LogP contribution < -0.4 is 5.76 Å². The maximum Gasteiger partial charge on any atom is 0.420 e. The number of oxazole rings is 1. The Bertz CT molecular complexity index is 655. The largest absolute Gasteiger partial charge is 0.420 e. The van der Waals surface area contributed by atoms with Crippen molar-refractivity contribution in [2.45, 2.75) is 45.6 Å². The highest BCUT2D eigenvalue weighted by Gasteiger charge is 2.17. The van der Waals surface area contributed by atoms with Crippen molar-refractivity contribution in [2.75, 3.05) is 0 Å². The van der Waals surface area contributed by atoms with Crippen LogP contribution in [0, 0.1) is 11.3 Å². The second-order valence-electron chi connectivity index (χ2n) is 4.76. The van der Waals surface area contributed by atoms with Gasteiger partial charge in [0, 0.05) is 6.04 Å². The molecule has 2 aromatic rings. The molecule has 100 valence electrons. The third-order valence-corrected chi connectivity index (χ3v) is 3.35. The number of hydrogen-bond donors (Lipinski definition) is 0. The molecule has 0 saturated heterocycles. The van der Waals surface area contributed by atoms with E-state index in [1.165, 1.54) is 0 Å². The molecular formula is C15H18N2O2. The van der Waals surface area contributed by atoms with Crippen LogP contribution in [0.25, 0.3) is 11.1 Å². The molecule has 1 heterocycles. The van der Waals surface area contributed by atoms with Crippen molar-refractivity contribution < 1.29 is 4.42 Å². The molecular weight excluding hydrogens is 240 g/mol. The average molecular weight is 258 g/mol. The van der Waals surface area contributed by atoms with Gasteiger partial charge in [-0.05, 0) is 31.0 Å². The molecule has 0 saturated carbocycles. The third kappa shape index (κ3) is 2.55. The molecule has 4 nitrogen and oxygen atoms in total. The van der Waals surface area contributed by atoms with E-state index in [1.807, 2.05) is 0 Å². The Morgan fingerprint density at radius 3 is 2.58 bits per heavy atom. The Balaban J connectivity index is 2.59. The first-order chi connectivity index (χ1) is 9.21. The maximum absolute atomic E-state index is 12.0. The van der Waals surface area contributed by atoms with E-state index in [9.17, 15) is 4.79 Å². The van der Waals surface area contributed by atoms with Gasteiger partial charge < -0.3 is 4.42 Å². The first-order valence-electron chi connectivity index (χ1n) is 6.76. The number of hydrogen-bond acceptors (Lipinski definition) is 3.